The average molecular weight is 509 g/mol. The molecular weight excluding hydrogens is 478 g/mol. The SMILES string of the molecule is O=c1[nH]cnc(CC(CNCC(F)F)c2ccc(C#Cc3ccc(CN4CCOCC4)cc3)cc2)c1O. The molecule has 3 aromatic rings. The van der Waals surface area contributed by atoms with Crippen LogP contribution in [0.5, 0.6) is 5.75 Å². The Morgan fingerprint density at radius 3 is 2.32 bits per heavy atom. The van der Waals surface area contributed by atoms with Gasteiger partial charge in [0.15, 0.2) is 0 Å². The van der Waals surface area contributed by atoms with Crippen molar-refractivity contribution in [2.45, 2.75) is 25.3 Å². The highest BCUT2D eigenvalue weighted by Crippen LogP contribution is 2.23. The normalized spacial score (nSPS) is 14.8. The smallest absolute Gasteiger partial charge is 0.293 e. The first-order valence-electron chi connectivity index (χ1n) is 12.2. The van der Waals surface area contributed by atoms with Gasteiger partial charge in [-0.2, -0.15) is 0 Å². The van der Waals surface area contributed by atoms with Gasteiger partial charge >= 0.3 is 0 Å². The third kappa shape index (κ3) is 7.95. The van der Waals surface area contributed by atoms with Crippen molar-refractivity contribution in [3.63, 3.8) is 0 Å². The largest absolute Gasteiger partial charge is 0.502 e. The number of hydrogen-bond acceptors (Lipinski definition) is 6. The Morgan fingerprint density at radius 1 is 1.03 bits per heavy atom. The zero-order valence-corrected chi connectivity index (χ0v) is 20.4. The van der Waals surface area contributed by atoms with Gasteiger partial charge in [0.25, 0.3) is 12.0 Å². The average Bonchev–Trinajstić information content (AvgIpc) is 2.91. The summed E-state index contributed by atoms with van der Waals surface area (Å²) >= 11 is 0. The minimum atomic E-state index is -2.47. The number of aromatic nitrogens is 2. The predicted octanol–water partition coefficient (Wildman–Crippen LogP) is 2.89. The molecule has 9 heteroatoms. The maximum Gasteiger partial charge on any atom is 0.293 e. The molecule has 1 atom stereocenters. The molecule has 3 N–H and O–H groups in total. The number of morpholine rings is 1. The van der Waals surface area contributed by atoms with E-state index in [4.69, 9.17) is 4.74 Å². The fourth-order valence-electron chi connectivity index (χ4n) is 4.18. The van der Waals surface area contributed by atoms with Crippen molar-refractivity contribution in [2.24, 2.45) is 0 Å². The second kappa shape index (κ2) is 13.1. The van der Waals surface area contributed by atoms with E-state index in [9.17, 15) is 18.7 Å². The summed E-state index contributed by atoms with van der Waals surface area (Å²) < 4.78 is 30.7. The van der Waals surface area contributed by atoms with E-state index in [1.807, 2.05) is 36.4 Å². The zero-order valence-electron chi connectivity index (χ0n) is 20.4. The van der Waals surface area contributed by atoms with Crippen molar-refractivity contribution in [3.05, 3.63) is 93.2 Å². The lowest BCUT2D eigenvalue weighted by atomic mass is 9.93. The van der Waals surface area contributed by atoms with Crippen molar-refractivity contribution < 1.29 is 18.6 Å². The number of aromatic amines is 1. The predicted molar refractivity (Wildman–Crippen MR) is 137 cm³/mol. The summed E-state index contributed by atoms with van der Waals surface area (Å²) in [5, 5.41) is 12.8. The van der Waals surface area contributed by atoms with Gasteiger partial charge in [-0.15, -0.1) is 0 Å². The van der Waals surface area contributed by atoms with Crippen LogP contribution in [0.25, 0.3) is 0 Å². The molecule has 0 bridgehead atoms. The zero-order chi connectivity index (χ0) is 26.0. The number of ether oxygens (including phenoxy) is 1. The maximum absolute atomic E-state index is 12.7. The van der Waals surface area contributed by atoms with Crippen LogP contribution in [0.3, 0.4) is 0 Å². The van der Waals surface area contributed by atoms with Gasteiger partial charge in [0.2, 0.25) is 5.75 Å². The number of aromatic hydroxyl groups is 1. The Hall–Kier alpha value is -3.58. The van der Waals surface area contributed by atoms with E-state index in [1.54, 1.807) is 0 Å². The second-order valence-corrected chi connectivity index (χ2v) is 8.93. The highest BCUT2D eigenvalue weighted by molar-refractivity contribution is 5.44. The molecule has 1 aromatic heterocycles. The molecule has 7 nitrogen and oxygen atoms in total. The number of benzene rings is 2. The first-order valence-corrected chi connectivity index (χ1v) is 12.2. The van der Waals surface area contributed by atoms with Gasteiger partial charge in [-0.3, -0.25) is 9.69 Å². The summed E-state index contributed by atoms with van der Waals surface area (Å²) in [6.45, 7) is 4.14. The monoisotopic (exact) mass is 508 g/mol. The van der Waals surface area contributed by atoms with Gasteiger partial charge in [-0.25, -0.2) is 13.8 Å². The Balaban J connectivity index is 1.42. The molecule has 1 saturated heterocycles. The van der Waals surface area contributed by atoms with Crippen molar-refractivity contribution in [1.82, 2.24) is 20.2 Å². The molecule has 0 aliphatic carbocycles. The van der Waals surface area contributed by atoms with Gasteiger partial charge in [0.1, 0.15) is 0 Å². The summed E-state index contributed by atoms with van der Waals surface area (Å²) in [7, 11) is 0. The van der Waals surface area contributed by atoms with Crippen LogP contribution in [0.1, 0.15) is 33.9 Å². The number of H-pyrrole nitrogens is 1. The minimum absolute atomic E-state index is 0.216. The van der Waals surface area contributed by atoms with Gasteiger partial charge in [-0.1, -0.05) is 36.1 Å². The lowest BCUT2D eigenvalue weighted by molar-refractivity contribution is 0.0342. The molecule has 0 radical (unpaired) electrons. The summed E-state index contributed by atoms with van der Waals surface area (Å²) in [6, 6.07) is 15.7. The number of nitrogens with zero attached hydrogens (tertiary/aromatic N) is 2. The van der Waals surface area contributed by atoms with E-state index in [0.717, 1.165) is 49.5 Å². The molecule has 1 aliphatic rings. The summed E-state index contributed by atoms with van der Waals surface area (Å²) in [5.41, 5.74) is 3.42. The van der Waals surface area contributed by atoms with Gasteiger partial charge in [-0.05, 0) is 35.4 Å². The van der Waals surface area contributed by atoms with Gasteiger partial charge < -0.3 is 20.1 Å². The molecule has 4 rings (SSSR count). The molecule has 2 aromatic carbocycles. The van der Waals surface area contributed by atoms with E-state index in [-0.39, 0.29) is 24.6 Å². The van der Waals surface area contributed by atoms with Crippen molar-refractivity contribution in [2.75, 3.05) is 39.4 Å². The Kier molecular flexibility index (Phi) is 9.38. The van der Waals surface area contributed by atoms with Crippen LogP contribution in [0, 0.1) is 11.8 Å². The van der Waals surface area contributed by atoms with Crippen molar-refractivity contribution in [3.8, 4) is 17.6 Å². The van der Waals surface area contributed by atoms with Crippen molar-refractivity contribution in [1.29, 1.82) is 0 Å². The molecule has 0 saturated carbocycles. The molecule has 37 heavy (non-hydrogen) atoms. The van der Waals surface area contributed by atoms with Crippen LogP contribution in [0.4, 0.5) is 8.78 Å². The third-order valence-electron chi connectivity index (χ3n) is 6.23. The van der Waals surface area contributed by atoms with E-state index < -0.39 is 24.3 Å². The van der Waals surface area contributed by atoms with Crippen LogP contribution in [0.15, 0.2) is 59.7 Å². The molecular formula is C28H30F2N4O3. The lowest BCUT2D eigenvalue weighted by Crippen LogP contribution is -2.35. The van der Waals surface area contributed by atoms with Crippen LogP contribution in [-0.2, 0) is 17.7 Å². The maximum atomic E-state index is 12.7. The fraction of sp³-hybridized carbons (Fsp3) is 0.357. The highest BCUT2D eigenvalue weighted by atomic mass is 19.3. The van der Waals surface area contributed by atoms with Crippen LogP contribution < -0.4 is 10.9 Å². The van der Waals surface area contributed by atoms with E-state index in [2.05, 4.69) is 44.2 Å². The summed E-state index contributed by atoms with van der Waals surface area (Å²) in [5.74, 6) is 5.61. The topological polar surface area (TPSA) is 90.5 Å². The molecule has 1 unspecified atom stereocenters. The van der Waals surface area contributed by atoms with Crippen LogP contribution in [0.2, 0.25) is 0 Å². The minimum Gasteiger partial charge on any atom is -0.502 e. The van der Waals surface area contributed by atoms with Crippen LogP contribution >= 0.6 is 0 Å². The Labute approximate surface area is 214 Å². The molecule has 1 fully saturated rings. The quantitative estimate of drug-likeness (QED) is 0.385. The van der Waals surface area contributed by atoms with Crippen molar-refractivity contribution >= 4 is 0 Å². The molecule has 1 aliphatic heterocycles. The first kappa shape index (κ1) is 26.5. The van der Waals surface area contributed by atoms with Gasteiger partial charge in [0, 0.05) is 49.6 Å². The number of rotatable bonds is 9. The molecule has 0 amide bonds. The highest BCUT2D eigenvalue weighted by Gasteiger charge is 2.18. The van der Waals surface area contributed by atoms with Gasteiger partial charge in [0.05, 0.1) is 31.8 Å². The van der Waals surface area contributed by atoms with E-state index in [1.165, 1.54) is 11.9 Å². The number of halogens is 2. The van der Waals surface area contributed by atoms with E-state index >= 15 is 0 Å². The van der Waals surface area contributed by atoms with E-state index in [0.29, 0.717) is 0 Å². The molecule has 2 heterocycles. The first-order chi connectivity index (χ1) is 18.0. The molecule has 0 spiro atoms. The molecule has 194 valence electrons. The summed E-state index contributed by atoms with van der Waals surface area (Å²) in [6.07, 6.45) is -1.04. The number of alkyl halides is 2. The number of nitrogens with one attached hydrogen (secondary N) is 2. The lowest BCUT2D eigenvalue weighted by Gasteiger charge is -2.26. The standard InChI is InChI=1S/C28H30F2N4O3/c29-26(30)17-31-16-24(15-25-27(35)28(36)33-19-32-25)23-9-7-21(8-10-23)2-1-20-3-5-22(6-4-20)18-34-11-13-37-14-12-34/h3-10,19,24,26,31,35H,11-18H2,(H,32,33,36). The summed E-state index contributed by atoms with van der Waals surface area (Å²) in [4.78, 5) is 20.5. The Bertz CT molecular complexity index is 1260. The fourth-order valence-corrected chi connectivity index (χ4v) is 4.18. The van der Waals surface area contributed by atoms with Crippen LogP contribution in [-0.4, -0.2) is 65.8 Å². The second-order valence-electron chi connectivity index (χ2n) is 8.93. The Morgan fingerprint density at radius 2 is 1.68 bits per heavy atom. The third-order valence-corrected chi connectivity index (χ3v) is 6.23. The number of hydrogen-bond donors (Lipinski definition) is 3.